The van der Waals surface area contributed by atoms with Gasteiger partial charge in [0.2, 0.25) is 0 Å². The number of halogens is 1. The quantitative estimate of drug-likeness (QED) is 0.875. The van der Waals surface area contributed by atoms with Crippen molar-refractivity contribution in [3.8, 4) is 0 Å². The van der Waals surface area contributed by atoms with Crippen LogP contribution in [0.3, 0.4) is 0 Å². The Morgan fingerprint density at radius 1 is 1.69 bits per heavy atom. The predicted molar refractivity (Wildman–Crippen MR) is 70.3 cm³/mol. The van der Waals surface area contributed by atoms with Crippen LogP contribution >= 0.6 is 22.9 Å². The van der Waals surface area contributed by atoms with Crippen molar-refractivity contribution in [1.29, 1.82) is 0 Å². The molecule has 0 bridgehead atoms. The van der Waals surface area contributed by atoms with E-state index in [-0.39, 0.29) is 6.17 Å². The fourth-order valence-corrected chi connectivity index (χ4v) is 3.24. The van der Waals surface area contributed by atoms with Crippen molar-refractivity contribution in [3.05, 3.63) is 20.8 Å². The van der Waals surface area contributed by atoms with Crippen LogP contribution in [0.15, 0.2) is 10.4 Å². The molecule has 1 aromatic heterocycles. The van der Waals surface area contributed by atoms with Crippen molar-refractivity contribution in [2.75, 3.05) is 6.54 Å². The van der Waals surface area contributed by atoms with Crippen molar-refractivity contribution < 1.29 is 0 Å². The van der Waals surface area contributed by atoms with E-state index in [4.69, 9.17) is 17.3 Å². The molecule has 2 heterocycles. The first-order valence-corrected chi connectivity index (χ1v) is 6.79. The number of hydrogen-bond acceptors (Lipinski definition) is 4. The van der Waals surface area contributed by atoms with Gasteiger partial charge in [0.25, 0.3) is 0 Å². The highest BCUT2D eigenvalue weighted by Crippen LogP contribution is 2.34. The Labute approximate surface area is 105 Å². The maximum atomic E-state index is 6.34. The minimum Gasteiger partial charge on any atom is -0.387 e. The Hall–Kier alpha value is -0.580. The molecule has 0 spiro atoms. The zero-order valence-electron chi connectivity index (χ0n) is 9.29. The third-order valence-electron chi connectivity index (χ3n) is 2.61. The zero-order valence-corrected chi connectivity index (χ0v) is 10.9. The molecule has 0 saturated heterocycles. The molecule has 1 aromatic rings. The molecule has 88 valence electrons. The molecule has 0 aromatic carbocycles. The first-order valence-electron chi connectivity index (χ1n) is 5.53. The van der Waals surface area contributed by atoms with Crippen LogP contribution < -0.4 is 11.1 Å². The van der Waals surface area contributed by atoms with Crippen LogP contribution in [0.4, 0.5) is 0 Å². The molecule has 0 fully saturated rings. The van der Waals surface area contributed by atoms with Gasteiger partial charge in [-0.1, -0.05) is 24.9 Å². The highest BCUT2D eigenvalue weighted by Gasteiger charge is 2.20. The molecular formula is C11H16ClN3S. The molecule has 3 N–H and O–H groups in total. The van der Waals surface area contributed by atoms with E-state index in [1.807, 2.05) is 0 Å². The number of hydrogen-bond donors (Lipinski definition) is 2. The van der Waals surface area contributed by atoms with E-state index in [0.717, 1.165) is 35.7 Å². The van der Waals surface area contributed by atoms with E-state index < -0.39 is 0 Å². The number of nitrogens with zero attached hydrogens (tertiary/aromatic N) is 1. The summed E-state index contributed by atoms with van der Waals surface area (Å²) in [7, 11) is 0. The van der Waals surface area contributed by atoms with Gasteiger partial charge in [0.05, 0.1) is 15.7 Å². The van der Waals surface area contributed by atoms with Gasteiger partial charge in [-0.2, -0.15) is 0 Å². The maximum absolute atomic E-state index is 6.34. The third kappa shape index (κ3) is 2.39. The number of aryl methyl sites for hydroxylation is 1. The van der Waals surface area contributed by atoms with Crippen LogP contribution in [0, 0.1) is 0 Å². The van der Waals surface area contributed by atoms with Crippen LogP contribution in [0.5, 0.6) is 0 Å². The van der Waals surface area contributed by atoms with Crippen LogP contribution in [-0.2, 0) is 6.42 Å². The minimum atomic E-state index is -0.0446. The minimum absolute atomic E-state index is 0.0446. The summed E-state index contributed by atoms with van der Waals surface area (Å²) in [6, 6.07) is 0. The van der Waals surface area contributed by atoms with E-state index in [1.54, 1.807) is 11.3 Å². The van der Waals surface area contributed by atoms with Gasteiger partial charge in [-0.25, -0.2) is 4.99 Å². The van der Waals surface area contributed by atoms with Crippen LogP contribution in [0.2, 0.25) is 5.02 Å². The summed E-state index contributed by atoms with van der Waals surface area (Å²) < 4.78 is 0. The van der Waals surface area contributed by atoms with E-state index in [1.165, 1.54) is 5.56 Å². The number of nitrogens with one attached hydrogen (secondary N) is 1. The molecule has 0 aliphatic carbocycles. The number of nitrogens with two attached hydrogens (primary N) is 1. The van der Waals surface area contributed by atoms with E-state index in [2.05, 4.69) is 22.6 Å². The smallest absolute Gasteiger partial charge is 0.138 e. The monoisotopic (exact) mass is 257 g/mol. The Balaban J connectivity index is 2.23. The highest BCUT2D eigenvalue weighted by molar-refractivity contribution is 7.10. The molecule has 1 atom stereocenters. The summed E-state index contributed by atoms with van der Waals surface area (Å²) >= 11 is 8.01. The van der Waals surface area contributed by atoms with Crippen LogP contribution in [0.1, 0.15) is 36.4 Å². The molecule has 2 rings (SSSR count). The fourth-order valence-electron chi connectivity index (χ4n) is 1.78. The van der Waals surface area contributed by atoms with Gasteiger partial charge in [0, 0.05) is 13.0 Å². The summed E-state index contributed by atoms with van der Waals surface area (Å²) in [6.07, 6.45) is 2.92. The summed E-state index contributed by atoms with van der Waals surface area (Å²) in [5, 5.41) is 6.31. The standard InChI is InChI=1S/C11H16ClN3S/c1-2-3-7-6-16-10(9(7)12)11-14-5-4-8(13)15-11/h6,11,14H,2-5H2,1H3,(H2,13,15). The zero-order chi connectivity index (χ0) is 11.5. The first kappa shape index (κ1) is 11.9. The SMILES string of the molecule is CCCc1csc(C2N=C(N)CCN2)c1Cl. The molecule has 16 heavy (non-hydrogen) atoms. The number of amidine groups is 1. The van der Waals surface area contributed by atoms with Crippen molar-refractivity contribution in [2.45, 2.75) is 32.4 Å². The molecule has 0 amide bonds. The third-order valence-corrected chi connectivity index (χ3v) is 4.25. The topological polar surface area (TPSA) is 50.4 Å². The summed E-state index contributed by atoms with van der Waals surface area (Å²) in [4.78, 5) is 5.49. The number of aliphatic imine (C=N–C) groups is 1. The molecule has 5 heteroatoms. The number of rotatable bonds is 3. The highest BCUT2D eigenvalue weighted by atomic mass is 35.5. The Morgan fingerprint density at radius 2 is 2.50 bits per heavy atom. The maximum Gasteiger partial charge on any atom is 0.138 e. The lowest BCUT2D eigenvalue weighted by atomic mass is 10.2. The summed E-state index contributed by atoms with van der Waals surface area (Å²) in [6.45, 7) is 3.03. The molecule has 3 nitrogen and oxygen atoms in total. The summed E-state index contributed by atoms with van der Waals surface area (Å²) in [5.41, 5.74) is 6.98. The second-order valence-corrected chi connectivity index (χ2v) is 5.21. The van der Waals surface area contributed by atoms with Gasteiger partial charge in [0.15, 0.2) is 0 Å². The largest absolute Gasteiger partial charge is 0.387 e. The molecule has 0 radical (unpaired) electrons. The van der Waals surface area contributed by atoms with Gasteiger partial charge >= 0.3 is 0 Å². The fraction of sp³-hybridized carbons (Fsp3) is 0.545. The molecular weight excluding hydrogens is 242 g/mol. The first-order chi connectivity index (χ1) is 7.72. The second-order valence-electron chi connectivity index (χ2n) is 3.92. The lowest BCUT2D eigenvalue weighted by Gasteiger charge is -2.19. The van der Waals surface area contributed by atoms with Crippen molar-refractivity contribution in [3.63, 3.8) is 0 Å². The average Bonchev–Trinajstić information content (AvgIpc) is 2.61. The normalized spacial score (nSPS) is 20.9. The van der Waals surface area contributed by atoms with Crippen molar-refractivity contribution >= 4 is 28.8 Å². The second kappa shape index (κ2) is 5.17. The van der Waals surface area contributed by atoms with Crippen molar-refractivity contribution in [1.82, 2.24) is 5.32 Å². The summed E-state index contributed by atoms with van der Waals surface area (Å²) in [5.74, 6) is 0.713. The Bertz CT molecular complexity index is 400. The van der Waals surface area contributed by atoms with E-state index in [9.17, 15) is 0 Å². The van der Waals surface area contributed by atoms with Gasteiger partial charge in [0.1, 0.15) is 6.17 Å². The van der Waals surface area contributed by atoms with Crippen LogP contribution in [-0.4, -0.2) is 12.4 Å². The van der Waals surface area contributed by atoms with Gasteiger partial charge in [-0.3, -0.25) is 5.32 Å². The lowest BCUT2D eigenvalue weighted by Crippen LogP contribution is -2.32. The average molecular weight is 258 g/mol. The van der Waals surface area contributed by atoms with E-state index in [0.29, 0.717) is 5.84 Å². The Morgan fingerprint density at radius 3 is 3.19 bits per heavy atom. The lowest BCUT2D eigenvalue weighted by molar-refractivity contribution is 0.547. The van der Waals surface area contributed by atoms with Crippen LogP contribution in [0.25, 0.3) is 0 Å². The molecule has 1 unspecified atom stereocenters. The molecule has 1 aliphatic rings. The molecule has 1 aliphatic heterocycles. The Kier molecular flexibility index (Phi) is 3.84. The van der Waals surface area contributed by atoms with Crippen molar-refractivity contribution in [2.24, 2.45) is 10.7 Å². The van der Waals surface area contributed by atoms with Gasteiger partial charge in [-0.05, 0) is 17.4 Å². The van der Waals surface area contributed by atoms with Gasteiger partial charge in [-0.15, -0.1) is 11.3 Å². The predicted octanol–water partition coefficient (Wildman–Crippen LogP) is 2.70. The van der Waals surface area contributed by atoms with E-state index >= 15 is 0 Å². The number of thiophene rings is 1. The van der Waals surface area contributed by atoms with Gasteiger partial charge < -0.3 is 5.73 Å². The molecule has 0 saturated carbocycles.